The van der Waals surface area contributed by atoms with Gasteiger partial charge in [-0.05, 0) is 38.6 Å². The Morgan fingerprint density at radius 3 is 2.28 bits per heavy atom. The van der Waals surface area contributed by atoms with Crippen molar-refractivity contribution in [1.29, 1.82) is 0 Å². The molecule has 2 nitrogen and oxygen atoms in total. The SMILES string of the molecule is CNCC(C)(C)NCc1ccc(SC(C)C)cc1. The van der Waals surface area contributed by atoms with Crippen LogP contribution in [-0.2, 0) is 6.54 Å². The van der Waals surface area contributed by atoms with Crippen LogP contribution in [-0.4, -0.2) is 24.4 Å². The minimum atomic E-state index is 0.125. The molecule has 0 aliphatic carbocycles. The lowest BCUT2D eigenvalue weighted by Crippen LogP contribution is -2.46. The van der Waals surface area contributed by atoms with E-state index in [-0.39, 0.29) is 5.54 Å². The molecule has 0 aliphatic heterocycles. The van der Waals surface area contributed by atoms with Gasteiger partial charge in [0.15, 0.2) is 0 Å². The van der Waals surface area contributed by atoms with Crippen molar-refractivity contribution in [3.63, 3.8) is 0 Å². The van der Waals surface area contributed by atoms with E-state index in [2.05, 4.69) is 62.6 Å². The summed E-state index contributed by atoms with van der Waals surface area (Å²) in [5, 5.41) is 7.42. The molecule has 18 heavy (non-hydrogen) atoms. The Labute approximate surface area is 116 Å². The predicted octanol–water partition coefficient (Wildman–Crippen LogP) is 3.27. The maximum Gasteiger partial charge on any atom is 0.0252 e. The fourth-order valence-electron chi connectivity index (χ4n) is 1.80. The second-order valence-electron chi connectivity index (χ2n) is 5.58. The molecule has 0 spiro atoms. The van der Waals surface area contributed by atoms with Crippen LogP contribution in [0.15, 0.2) is 29.2 Å². The van der Waals surface area contributed by atoms with Crippen LogP contribution in [0.25, 0.3) is 0 Å². The highest BCUT2D eigenvalue weighted by Crippen LogP contribution is 2.22. The molecule has 0 amide bonds. The molecule has 0 aliphatic rings. The summed E-state index contributed by atoms with van der Waals surface area (Å²) in [7, 11) is 1.99. The Balaban J connectivity index is 2.48. The fraction of sp³-hybridized carbons (Fsp3) is 0.600. The van der Waals surface area contributed by atoms with Crippen LogP contribution >= 0.6 is 11.8 Å². The van der Waals surface area contributed by atoms with Crippen molar-refractivity contribution in [2.24, 2.45) is 0 Å². The van der Waals surface area contributed by atoms with Gasteiger partial charge in [-0.25, -0.2) is 0 Å². The van der Waals surface area contributed by atoms with E-state index in [1.807, 2.05) is 18.8 Å². The average Bonchev–Trinajstić information content (AvgIpc) is 2.27. The van der Waals surface area contributed by atoms with Gasteiger partial charge in [-0.3, -0.25) is 0 Å². The third-order valence-electron chi connectivity index (χ3n) is 2.68. The minimum absolute atomic E-state index is 0.125. The summed E-state index contributed by atoms with van der Waals surface area (Å²) in [4.78, 5) is 1.35. The van der Waals surface area contributed by atoms with Gasteiger partial charge in [0, 0.05) is 28.8 Å². The van der Waals surface area contributed by atoms with Crippen LogP contribution < -0.4 is 10.6 Å². The Bertz CT molecular complexity index is 344. The van der Waals surface area contributed by atoms with Gasteiger partial charge in [0.2, 0.25) is 0 Å². The highest BCUT2D eigenvalue weighted by molar-refractivity contribution is 7.99. The third-order valence-corrected chi connectivity index (χ3v) is 3.70. The zero-order chi connectivity index (χ0) is 13.6. The molecule has 1 rings (SSSR count). The van der Waals surface area contributed by atoms with Crippen LogP contribution in [0.4, 0.5) is 0 Å². The van der Waals surface area contributed by atoms with Gasteiger partial charge >= 0.3 is 0 Å². The van der Waals surface area contributed by atoms with Gasteiger partial charge in [0.25, 0.3) is 0 Å². The molecule has 1 aromatic carbocycles. The molecule has 0 radical (unpaired) electrons. The standard InChI is InChI=1S/C15H26N2S/c1-12(2)18-14-8-6-13(7-9-14)10-17-15(3,4)11-16-5/h6-9,12,16-17H,10-11H2,1-5H3. The lowest BCUT2D eigenvalue weighted by molar-refractivity contribution is 0.374. The number of rotatable bonds is 7. The van der Waals surface area contributed by atoms with E-state index in [9.17, 15) is 0 Å². The van der Waals surface area contributed by atoms with Crippen molar-refractivity contribution < 1.29 is 0 Å². The second-order valence-corrected chi connectivity index (χ2v) is 7.23. The molecule has 0 saturated carbocycles. The summed E-state index contributed by atoms with van der Waals surface area (Å²) in [6.45, 7) is 10.8. The Morgan fingerprint density at radius 1 is 1.17 bits per heavy atom. The average molecular weight is 266 g/mol. The van der Waals surface area contributed by atoms with Crippen LogP contribution in [0, 0.1) is 0 Å². The summed E-state index contributed by atoms with van der Waals surface area (Å²) in [6.07, 6.45) is 0. The first-order valence-corrected chi connectivity index (χ1v) is 7.46. The highest BCUT2D eigenvalue weighted by atomic mass is 32.2. The van der Waals surface area contributed by atoms with E-state index < -0.39 is 0 Å². The molecule has 3 heteroatoms. The Hall–Kier alpha value is -0.510. The zero-order valence-electron chi connectivity index (χ0n) is 12.2. The maximum atomic E-state index is 3.57. The minimum Gasteiger partial charge on any atom is -0.318 e. The molecule has 0 saturated heterocycles. The van der Waals surface area contributed by atoms with Crippen LogP contribution in [0.3, 0.4) is 0 Å². The summed E-state index contributed by atoms with van der Waals surface area (Å²) in [6, 6.07) is 8.86. The number of benzene rings is 1. The van der Waals surface area contributed by atoms with E-state index >= 15 is 0 Å². The monoisotopic (exact) mass is 266 g/mol. The molecule has 2 N–H and O–H groups in total. The molecule has 0 bridgehead atoms. The van der Waals surface area contributed by atoms with E-state index in [1.54, 1.807) is 0 Å². The maximum absolute atomic E-state index is 3.57. The quantitative estimate of drug-likeness (QED) is 0.741. The highest BCUT2D eigenvalue weighted by Gasteiger charge is 2.14. The van der Waals surface area contributed by atoms with Gasteiger partial charge in [0.1, 0.15) is 0 Å². The van der Waals surface area contributed by atoms with Crippen molar-refractivity contribution in [3.8, 4) is 0 Å². The number of nitrogens with one attached hydrogen (secondary N) is 2. The van der Waals surface area contributed by atoms with Crippen molar-refractivity contribution in [2.75, 3.05) is 13.6 Å². The van der Waals surface area contributed by atoms with Gasteiger partial charge in [-0.1, -0.05) is 26.0 Å². The first-order valence-electron chi connectivity index (χ1n) is 6.58. The van der Waals surface area contributed by atoms with E-state index in [0.29, 0.717) is 5.25 Å². The van der Waals surface area contributed by atoms with Crippen LogP contribution in [0.5, 0.6) is 0 Å². The lowest BCUT2D eigenvalue weighted by Gasteiger charge is -2.26. The van der Waals surface area contributed by atoms with Crippen molar-refractivity contribution in [3.05, 3.63) is 29.8 Å². The first-order chi connectivity index (χ1) is 8.43. The molecule has 1 aromatic rings. The summed E-state index contributed by atoms with van der Waals surface area (Å²) in [5.41, 5.74) is 1.47. The topological polar surface area (TPSA) is 24.1 Å². The normalized spacial score (nSPS) is 12.1. The smallest absolute Gasteiger partial charge is 0.0252 e. The van der Waals surface area contributed by atoms with E-state index in [4.69, 9.17) is 0 Å². The van der Waals surface area contributed by atoms with Gasteiger partial charge in [-0.15, -0.1) is 11.8 Å². The van der Waals surface area contributed by atoms with Gasteiger partial charge in [0.05, 0.1) is 0 Å². The van der Waals surface area contributed by atoms with Crippen LogP contribution in [0.2, 0.25) is 0 Å². The molecular formula is C15H26N2S. The van der Waals surface area contributed by atoms with Gasteiger partial charge in [-0.2, -0.15) is 0 Å². The second kappa shape index (κ2) is 7.17. The third kappa shape index (κ3) is 5.89. The van der Waals surface area contributed by atoms with Gasteiger partial charge < -0.3 is 10.6 Å². The first kappa shape index (κ1) is 15.5. The summed E-state index contributed by atoms with van der Waals surface area (Å²) in [5.74, 6) is 0. The van der Waals surface area contributed by atoms with E-state index in [1.165, 1.54) is 10.5 Å². The number of hydrogen-bond acceptors (Lipinski definition) is 3. The Morgan fingerprint density at radius 2 is 1.78 bits per heavy atom. The number of likely N-dealkylation sites (N-methyl/N-ethyl adjacent to an activating group) is 1. The molecule has 0 heterocycles. The number of thioether (sulfide) groups is 1. The molecular weight excluding hydrogens is 240 g/mol. The molecule has 0 fully saturated rings. The summed E-state index contributed by atoms with van der Waals surface area (Å²) >= 11 is 1.91. The lowest BCUT2D eigenvalue weighted by atomic mass is 10.1. The van der Waals surface area contributed by atoms with Crippen molar-refractivity contribution in [1.82, 2.24) is 10.6 Å². The molecule has 0 unspecified atom stereocenters. The van der Waals surface area contributed by atoms with E-state index in [0.717, 1.165) is 13.1 Å². The summed E-state index contributed by atoms with van der Waals surface area (Å²) < 4.78 is 0. The molecule has 102 valence electrons. The van der Waals surface area contributed by atoms with Crippen molar-refractivity contribution in [2.45, 2.75) is 49.9 Å². The van der Waals surface area contributed by atoms with Crippen molar-refractivity contribution >= 4 is 11.8 Å². The fourth-order valence-corrected chi connectivity index (χ4v) is 2.64. The largest absolute Gasteiger partial charge is 0.318 e. The number of hydrogen-bond donors (Lipinski definition) is 2. The van der Waals surface area contributed by atoms with Crippen LogP contribution in [0.1, 0.15) is 33.3 Å². The molecule has 0 atom stereocenters. The molecule has 0 aromatic heterocycles. The Kier molecular flexibility index (Phi) is 6.19. The zero-order valence-corrected chi connectivity index (χ0v) is 13.0. The predicted molar refractivity (Wildman–Crippen MR) is 82.3 cm³/mol.